The molecule has 0 bridgehead atoms. The van der Waals surface area contributed by atoms with Gasteiger partial charge < -0.3 is 14.2 Å². The maximum absolute atomic E-state index is 14.1. The van der Waals surface area contributed by atoms with E-state index in [-0.39, 0.29) is 11.6 Å². The van der Waals surface area contributed by atoms with Crippen molar-refractivity contribution in [3.05, 3.63) is 95.8 Å². The minimum Gasteiger partial charge on any atom is -0.454 e. The van der Waals surface area contributed by atoms with Crippen LogP contribution in [0.25, 0.3) is 0 Å². The Kier molecular flexibility index (Phi) is 4.68. The minimum absolute atomic E-state index is 0.256. The number of ether oxygens (including phenoxy) is 3. The molecule has 146 valence electrons. The van der Waals surface area contributed by atoms with E-state index in [1.165, 1.54) is 11.6 Å². The van der Waals surface area contributed by atoms with Gasteiger partial charge >= 0.3 is 0 Å². The fourth-order valence-corrected chi connectivity index (χ4v) is 3.70. The topological polar surface area (TPSA) is 27.7 Å². The van der Waals surface area contributed by atoms with Crippen LogP contribution in [0.3, 0.4) is 0 Å². The third kappa shape index (κ3) is 3.97. The van der Waals surface area contributed by atoms with E-state index in [2.05, 4.69) is 24.3 Å². The highest BCUT2D eigenvalue weighted by Crippen LogP contribution is 2.50. The Hall–Kier alpha value is -3.27. The maximum atomic E-state index is 14.1. The molecule has 1 aliphatic carbocycles. The van der Waals surface area contributed by atoms with Gasteiger partial charge in [-0.3, -0.25) is 0 Å². The number of para-hydroxylation sites is 1. The van der Waals surface area contributed by atoms with Gasteiger partial charge in [-0.1, -0.05) is 42.5 Å². The summed E-state index contributed by atoms with van der Waals surface area (Å²) in [5.41, 5.74) is 2.32. The number of rotatable bonds is 6. The van der Waals surface area contributed by atoms with E-state index in [0.29, 0.717) is 24.4 Å². The fourth-order valence-electron chi connectivity index (χ4n) is 3.70. The first-order chi connectivity index (χ1) is 14.3. The van der Waals surface area contributed by atoms with Gasteiger partial charge in [0.05, 0.1) is 0 Å². The summed E-state index contributed by atoms with van der Waals surface area (Å²) in [4.78, 5) is 0. The molecule has 0 radical (unpaired) electrons. The van der Waals surface area contributed by atoms with Crippen LogP contribution in [0.4, 0.5) is 4.39 Å². The molecule has 2 atom stereocenters. The van der Waals surface area contributed by atoms with Gasteiger partial charge in [0.2, 0.25) is 6.79 Å². The first-order valence-electron chi connectivity index (χ1n) is 9.84. The van der Waals surface area contributed by atoms with E-state index in [4.69, 9.17) is 14.2 Å². The van der Waals surface area contributed by atoms with Crippen molar-refractivity contribution in [2.75, 3.05) is 6.79 Å². The smallest absolute Gasteiger partial charge is 0.231 e. The summed E-state index contributed by atoms with van der Waals surface area (Å²) < 4.78 is 30.6. The summed E-state index contributed by atoms with van der Waals surface area (Å²) in [6.07, 6.45) is 6.31. The van der Waals surface area contributed by atoms with Crippen molar-refractivity contribution < 1.29 is 18.6 Å². The zero-order valence-electron chi connectivity index (χ0n) is 15.9. The normalized spacial score (nSPS) is 19.5. The lowest BCUT2D eigenvalue weighted by atomic mass is 10.1. The first kappa shape index (κ1) is 17.8. The van der Waals surface area contributed by atoms with Crippen LogP contribution in [0, 0.1) is 11.7 Å². The number of benzene rings is 3. The molecule has 3 nitrogen and oxygen atoms in total. The predicted octanol–water partition coefficient (Wildman–Crippen LogP) is 6.25. The van der Waals surface area contributed by atoms with Crippen molar-refractivity contribution in [2.24, 2.45) is 5.92 Å². The van der Waals surface area contributed by atoms with Crippen molar-refractivity contribution in [3.63, 3.8) is 0 Å². The highest BCUT2D eigenvalue weighted by atomic mass is 19.1. The molecule has 0 saturated heterocycles. The van der Waals surface area contributed by atoms with Gasteiger partial charge in [0, 0.05) is 0 Å². The van der Waals surface area contributed by atoms with Gasteiger partial charge in [0.15, 0.2) is 23.1 Å². The zero-order chi connectivity index (χ0) is 19.6. The lowest BCUT2D eigenvalue weighted by Crippen LogP contribution is -1.92. The number of halogens is 1. The van der Waals surface area contributed by atoms with Crippen molar-refractivity contribution in [1.29, 1.82) is 0 Å². The number of hydrogen-bond acceptors (Lipinski definition) is 3. The van der Waals surface area contributed by atoms with Crippen LogP contribution in [0.15, 0.2) is 78.9 Å². The van der Waals surface area contributed by atoms with Crippen molar-refractivity contribution in [3.8, 4) is 23.0 Å². The molecule has 4 heteroatoms. The summed E-state index contributed by atoms with van der Waals surface area (Å²) in [5.74, 6) is 3.27. The van der Waals surface area contributed by atoms with Crippen LogP contribution in [0.1, 0.15) is 23.5 Å². The van der Waals surface area contributed by atoms with Crippen molar-refractivity contribution >= 4 is 0 Å². The molecular weight excluding hydrogens is 367 g/mol. The van der Waals surface area contributed by atoms with Crippen LogP contribution in [-0.2, 0) is 6.42 Å². The maximum Gasteiger partial charge on any atom is 0.231 e. The lowest BCUT2D eigenvalue weighted by molar-refractivity contribution is 0.174. The summed E-state index contributed by atoms with van der Waals surface area (Å²) >= 11 is 0. The molecule has 3 aromatic rings. The van der Waals surface area contributed by atoms with Gasteiger partial charge in [-0.15, -0.1) is 0 Å². The molecule has 2 aliphatic rings. The quantitative estimate of drug-likeness (QED) is 0.467. The number of allylic oxidation sites excluding steroid dienone is 2. The molecule has 0 spiro atoms. The molecule has 3 aromatic carbocycles. The molecule has 5 rings (SSSR count). The zero-order valence-corrected chi connectivity index (χ0v) is 15.9. The highest BCUT2D eigenvalue weighted by molar-refractivity contribution is 5.47. The standard InChI is InChI=1S/C25H21FO3/c26-22-11-9-17(13-24(22)29-20-7-2-1-3-8-20)5-4-6-18-14-21(18)19-10-12-23-25(15-19)28-16-27-23/h1-4,6-13,15,18,21H,5,14,16H2/b6-4+. The van der Waals surface area contributed by atoms with Crippen LogP contribution in [-0.4, -0.2) is 6.79 Å². The van der Waals surface area contributed by atoms with E-state index in [1.807, 2.05) is 36.4 Å². The Morgan fingerprint density at radius 1 is 0.966 bits per heavy atom. The Morgan fingerprint density at radius 3 is 2.72 bits per heavy atom. The molecule has 0 amide bonds. The third-order valence-corrected chi connectivity index (χ3v) is 5.37. The molecule has 1 saturated carbocycles. The number of fused-ring (bicyclic) bond motifs is 1. The third-order valence-electron chi connectivity index (χ3n) is 5.37. The van der Waals surface area contributed by atoms with Crippen molar-refractivity contribution in [2.45, 2.75) is 18.8 Å². The van der Waals surface area contributed by atoms with Crippen LogP contribution >= 0.6 is 0 Å². The monoisotopic (exact) mass is 388 g/mol. The lowest BCUT2D eigenvalue weighted by Gasteiger charge is -2.08. The molecular formula is C25H21FO3. The largest absolute Gasteiger partial charge is 0.454 e. The Morgan fingerprint density at radius 2 is 1.83 bits per heavy atom. The summed E-state index contributed by atoms with van der Waals surface area (Å²) in [6, 6.07) is 20.5. The average molecular weight is 388 g/mol. The molecule has 0 aromatic heterocycles. The average Bonchev–Trinajstić information content (AvgIpc) is 3.36. The molecule has 1 aliphatic heterocycles. The molecule has 1 fully saturated rings. The highest BCUT2D eigenvalue weighted by Gasteiger charge is 2.36. The van der Waals surface area contributed by atoms with E-state index in [9.17, 15) is 4.39 Å². The summed E-state index contributed by atoms with van der Waals surface area (Å²) in [6.45, 7) is 0.306. The van der Waals surface area contributed by atoms with E-state index >= 15 is 0 Å². The predicted molar refractivity (Wildman–Crippen MR) is 109 cm³/mol. The molecule has 1 heterocycles. The summed E-state index contributed by atoms with van der Waals surface area (Å²) in [7, 11) is 0. The number of hydrogen-bond donors (Lipinski definition) is 0. The van der Waals surface area contributed by atoms with E-state index in [1.54, 1.807) is 12.1 Å². The summed E-state index contributed by atoms with van der Waals surface area (Å²) in [5, 5.41) is 0. The Bertz CT molecular complexity index is 1050. The molecule has 0 N–H and O–H groups in total. The fraction of sp³-hybridized carbons (Fsp3) is 0.200. The van der Waals surface area contributed by atoms with Gasteiger partial charge in [0.25, 0.3) is 0 Å². The van der Waals surface area contributed by atoms with Gasteiger partial charge in [-0.25, -0.2) is 4.39 Å². The first-order valence-corrected chi connectivity index (χ1v) is 9.84. The van der Waals surface area contributed by atoms with Gasteiger partial charge in [0.1, 0.15) is 5.75 Å². The minimum atomic E-state index is -0.355. The molecule has 29 heavy (non-hydrogen) atoms. The van der Waals surface area contributed by atoms with Crippen LogP contribution in [0.2, 0.25) is 0 Å². The van der Waals surface area contributed by atoms with Gasteiger partial charge in [-0.05, 0) is 72.2 Å². The van der Waals surface area contributed by atoms with E-state index < -0.39 is 0 Å². The second-order valence-electron chi connectivity index (χ2n) is 7.43. The second kappa shape index (κ2) is 7.63. The van der Waals surface area contributed by atoms with E-state index in [0.717, 1.165) is 29.9 Å². The Balaban J connectivity index is 1.21. The second-order valence-corrected chi connectivity index (χ2v) is 7.43. The van der Waals surface area contributed by atoms with Crippen LogP contribution in [0.5, 0.6) is 23.0 Å². The van der Waals surface area contributed by atoms with Crippen molar-refractivity contribution in [1.82, 2.24) is 0 Å². The molecule has 2 unspecified atom stereocenters. The Labute approximate surface area is 169 Å². The SMILES string of the molecule is Fc1ccc(C/C=C/C2CC2c2ccc3c(c2)OCO3)cc1Oc1ccccc1. The van der Waals surface area contributed by atoms with Crippen LogP contribution < -0.4 is 14.2 Å². The van der Waals surface area contributed by atoms with Gasteiger partial charge in [-0.2, -0.15) is 0 Å².